The first-order chi connectivity index (χ1) is 11.2. The Bertz CT molecular complexity index is 636. The fourth-order valence-corrected chi connectivity index (χ4v) is 3.14. The van der Waals surface area contributed by atoms with Crippen molar-refractivity contribution in [1.82, 2.24) is 0 Å². The molecule has 124 valence electrons. The summed E-state index contributed by atoms with van der Waals surface area (Å²) in [6, 6.07) is 10.0. The number of nitrogens with two attached hydrogens (primary N) is 1. The Morgan fingerprint density at radius 3 is 2.83 bits per heavy atom. The Morgan fingerprint density at radius 1 is 1.17 bits per heavy atom. The summed E-state index contributed by atoms with van der Waals surface area (Å²) in [5, 5.41) is 3.09. The normalized spacial score (nSPS) is 15.9. The fraction of sp³-hybridized carbons (Fsp3) is 0.444. The molecule has 0 radical (unpaired) electrons. The van der Waals surface area contributed by atoms with Crippen LogP contribution >= 0.6 is 11.6 Å². The highest BCUT2D eigenvalue weighted by atomic mass is 35.5. The van der Waals surface area contributed by atoms with Crippen molar-refractivity contribution in [3.8, 4) is 11.3 Å². The lowest BCUT2D eigenvalue weighted by Gasteiger charge is -2.22. The van der Waals surface area contributed by atoms with Gasteiger partial charge >= 0.3 is 0 Å². The number of ether oxygens (including phenoxy) is 1. The van der Waals surface area contributed by atoms with Gasteiger partial charge in [-0.2, -0.15) is 0 Å². The number of quaternary nitrogens is 2. The topological polar surface area (TPSA) is 43.4 Å². The van der Waals surface area contributed by atoms with Gasteiger partial charge in [0.2, 0.25) is 0 Å². The van der Waals surface area contributed by atoms with Crippen molar-refractivity contribution in [1.29, 1.82) is 0 Å². The van der Waals surface area contributed by atoms with Crippen molar-refractivity contribution >= 4 is 11.6 Å². The lowest BCUT2D eigenvalue weighted by Crippen LogP contribution is -3.16. The molecule has 0 atom stereocenters. The number of furan rings is 1. The Kier molecular flexibility index (Phi) is 5.73. The Morgan fingerprint density at radius 2 is 2.00 bits per heavy atom. The monoisotopic (exact) mass is 336 g/mol. The van der Waals surface area contributed by atoms with E-state index in [-0.39, 0.29) is 0 Å². The molecule has 3 N–H and O–H groups in total. The van der Waals surface area contributed by atoms with Crippen molar-refractivity contribution < 1.29 is 19.4 Å². The lowest BCUT2D eigenvalue weighted by atomic mass is 10.1. The van der Waals surface area contributed by atoms with Gasteiger partial charge in [-0.05, 0) is 30.7 Å². The van der Waals surface area contributed by atoms with Crippen LogP contribution in [0.3, 0.4) is 0 Å². The fourth-order valence-electron chi connectivity index (χ4n) is 2.97. The van der Waals surface area contributed by atoms with E-state index in [2.05, 4.69) is 17.4 Å². The molecule has 0 unspecified atom stereocenters. The second-order valence-electron chi connectivity index (χ2n) is 6.07. The highest BCUT2D eigenvalue weighted by molar-refractivity contribution is 6.31. The first-order valence-corrected chi connectivity index (χ1v) is 8.69. The van der Waals surface area contributed by atoms with Crippen molar-refractivity contribution in [3.05, 3.63) is 46.7 Å². The highest BCUT2D eigenvalue weighted by Crippen LogP contribution is 2.29. The lowest BCUT2D eigenvalue weighted by molar-refractivity contribution is -0.920. The third kappa shape index (κ3) is 4.36. The molecule has 4 nitrogen and oxygen atoms in total. The molecular formula is C18H25ClN2O2+2. The van der Waals surface area contributed by atoms with Crippen molar-refractivity contribution in [2.75, 3.05) is 39.4 Å². The maximum Gasteiger partial charge on any atom is 0.158 e. The van der Waals surface area contributed by atoms with Gasteiger partial charge in [0.05, 0.1) is 13.2 Å². The van der Waals surface area contributed by atoms with Crippen LogP contribution in [0, 0.1) is 6.92 Å². The molecule has 23 heavy (non-hydrogen) atoms. The molecule has 0 aliphatic carbocycles. The zero-order chi connectivity index (χ0) is 16.1. The van der Waals surface area contributed by atoms with E-state index in [4.69, 9.17) is 20.8 Å². The van der Waals surface area contributed by atoms with E-state index in [0.29, 0.717) is 0 Å². The highest BCUT2D eigenvalue weighted by Gasteiger charge is 2.14. The summed E-state index contributed by atoms with van der Waals surface area (Å²) in [6.45, 7) is 9.26. The molecule has 1 aromatic heterocycles. The molecule has 5 heteroatoms. The largest absolute Gasteiger partial charge is 0.455 e. The standard InChI is InChI=1S/C18H23ClN2O2/c1-14-16(3-2-4-17(14)19)18-6-5-15(23-18)13-20-7-8-21-9-11-22-12-10-21/h2-6,20H,7-13H2,1H3/p+2. The van der Waals surface area contributed by atoms with Crippen molar-refractivity contribution in [2.45, 2.75) is 13.5 Å². The number of halogens is 1. The second-order valence-corrected chi connectivity index (χ2v) is 6.48. The molecular weight excluding hydrogens is 312 g/mol. The molecule has 1 aliphatic rings. The van der Waals surface area contributed by atoms with Crippen molar-refractivity contribution in [2.24, 2.45) is 0 Å². The number of hydrogen-bond donors (Lipinski definition) is 2. The smallest absolute Gasteiger partial charge is 0.158 e. The van der Waals surface area contributed by atoms with E-state index < -0.39 is 0 Å². The minimum atomic E-state index is 0.778. The number of morpholine rings is 1. The van der Waals surface area contributed by atoms with Crippen LogP contribution in [0.4, 0.5) is 0 Å². The third-order valence-corrected chi connectivity index (χ3v) is 4.85. The van der Waals surface area contributed by atoms with Gasteiger partial charge in [-0.1, -0.05) is 23.7 Å². The second kappa shape index (κ2) is 7.97. The molecule has 2 aromatic rings. The maximum absolute atomic E-state index is 6.19. The summed E-state index contributed by atoms with van der Waals surface area (Å²) in [6.07, 6.45) is 0. The molecule has 1 fully saturated rings. The minimum Gasteiger partial charge on any atom is -0.455 e. The molecule has 1 aromatic carbocycles. The summed E-state index contributed by atoms with van der Waals surface area (Å²) in [5.74, 6) is 1.91. The average molecular weight is 337 g/mol. The average Bonchev–Trinajstić information content (AvgIpc) is 3.04. The summed E-state index contributed by atoms with van der Waals surface area (Å²) < 4.78 is 11.4. The van der Waals surface area contributed by atoms with Crippen LogP contribution in [0.5, 0.6) is 0 Å². The van der Waals surface area contributed by atoms with E-state index >= 15 is 0 Å². The number of rotatable bonds is 6. The molecule has 0 spiro atoms. The number of benzene rings is 1. The Hall–Kier alpha value is -1.33. The number of nitrogens with one attached hydrogen (secondary N) is 1. The molecule has 1 saturated heterocycles. The van der Waals surface area contributed by atoms with E-state index in [9.17, 15) is 0 Å². The zero-order valence-corrected chi connectivity index (χ0v) is 14.4. The van der Waals surface area contributed by atoms with Crippen molar-refractivity contribution in [3.63, 3.8) is 0 Å². The van der Waals surface area contributed by atoms with Crippen LogP contribution in [-0.2, 0) is 11.3 Å². The molecule has 3 rings (SSSR count). The SMILES string of the molecule is Cc1c(Cl)cccc1-c1ccc(C[NH2+]CC[NH+]2CCOCC2)o1. The first-order valence-electron chi connectivity index (χ1n) is 8.31. The van der Waals surface area contributed by atoms with Crippen LogP contribution in [0.2, 0.25) is 5.02 Å². The van der Waals surface area contributed by atoms with Gasteiger partial charge in [-0.25, -0.2) is 0 Å². The van der Waals surface area contributed by atoms with Gasteiger partial charge in [-0.15, -0.1) is 0 Å². The quantitative estimate of drug-likeness (QED) is 0.769. The zero-order valence-electron chi connectivity index (χ0n) is 13.6. The summed E-state index contributed by atoms with van der Waals surface area (Å²) >= 11 is 6.19. The van der Waals surface area contributed by atoms with Crippen LogP contribution < -0.4 is 10.2 Å². The molecule has 1 aliphatic heterocycles. The molecule has 2 heterocycles. The van der Waals surface area contributed by atoms with Gasteiger partial charge < -0.3 is 19.4 Å². The minimum absolute atomic E-state index is 0.778. The third-order valence-electron chi connectivity index (χ3n) is 4.44. The van der Waals surface area contributed by atoms with Gasteiger partial charge in [0, 0.05) is 10.6 Å². The predicted octanol–water partition coefficient (Wildman–Crippen LogP) is 0.887. The van der Waals surface area contributed by atoms with E-state index in [1.807, 2.05) is 25.1 Å². The summed E-state index contributed by atoms with van der Waals surface area (Å²) in [7, 11) is 0. The van der Waals surface area contributed by atoms with Crippen LogP contribution in [-0.4, -0.2) is 39.4 Å². The van der Waals surface area contributed by atoms with E-state index in [1.54, 1.807) is 4.90 Å². The first kappa shape index (κ1) is 16.5. The van der Waals surface area contributed by atoms with Gasteiger partial charge in [0.1, 0.15) is 38.5 Å². The van der Waals surface area contributed by atoms with E-state index in [0.717, 1.165) is 67.1 Å². The van der Waals surface area contributed by atoms with Crippen LogP contribution in [0.15, 0.2) is 34.7 Å². The van der Waals surface area contributed by atoms with E-state index in [1.165, 1.54) is 6.54 Å². The summed E-state index contributed by atoms with van der Waals surface area (Å²) in [4.78, 5) is 1.64. The Balaban J connectivity index is 1.50. The molecule has 0 bridgehead atoms. The molecule has 0 amide bonds. The van der Waals surface area contributed by atoms with Crippen LogP contribution in [0.1, 0.15) is 11.3 Å². The maximum atomic E-state index is 6.19. The Labute approximate surface area is 142 Å². The van der Waals surface area contributed by atoms with Gasteiger partial charge in [0.25, 0.3) is 0 Å². The summed E-state index contributed by atoms with van der Waals surface area (Å²) in [5.41, 5.74) is 2.14. The van der Waals surface area contributed by atoms with Crippen LogP contribution in [0.25, 0.3) is 11.3 Å². The van der Waals surface area contributed by atoms with Gasteiger partial charge in [-0.3, -0.25) is 0 Å². The van der Waals surface area contributed by atoms with Gasteiger partial charge in [0.15, 0.2) is 5.76 Å². The molecule has 0 saturated carbocycles. The number of hydrogen-bond acceptors (Lipinski definition) is 2. The predicted molar refractivity (Wildman–Crippen MR) is 90.8 cm³/mol.